The summed E-state index contributed by atoms with van der Waals surface area (Å²) in [6.45, 7) is 2.20. The van der Waals surface area contributed by atoms with Gasteiger partial charge in [-0.15, -0.1) is 0 Å². The summed E-state index contributed by atoms with van der Waals surface area (Å²) in [7, 11) is 0. The summed E-state index contributed by atoms with van der Waals surface area (Å²) in [5.41, 5.74) is 2.27. The van der Waals surface area contributed by atoms with Gasteiger partial charge in [0.1, 0.15) is 5.82 Å². The molecule has 0 bridgehead atoms. The van der Waals surface area contributed by atoms with E-state index in [4.69, 9.17) is 5.11 Å². The zero-order valence-corrected chi connectivity index (χ0v) is 12.8. The minimum atomic E-state index is -1.05. The van der Waals surface area contributed by atoms with Crippen LogP contribution in [-0.2, 0) is 11.3 Å². The minimum Gasteiger partial charge on any atom is -0.481 e. The van der Waals surface area contributed by atoms with E-state index in [0.717, 1.165) is 11.1 Å². The molecule has 2 aromatic carbocycles. The van der Waals surface area contributed by atoms with Crippen LogP contribution >= 0.6 is 0 Å². The van der Waals surface area contributed by atoms with Gasteiger partial charge in [-0.2, -0.15) is 0 Å². The molecule has 2 rings (SSSR count). The van der Waals surface area contributed by atoms with Gasteiger partial charge in [0, 0.05) is 12.1 Å². The third-order valence-corrected chi connectivity index (χ3v) is 3.50. The van der Waals surface area contributed by atoms with Crippen molar-refractivity contribution in [2.75, 3.05) is 0 Å². The van der Waals surface area contributed by atoms with Crippen LogP contribution in [0.25, 0.3) is 0 Å². The first-order valence-electron chi connectivity index (χ1n) is 7.26. The summed E-state index contributed by atoms with van der Waals surface area (Å²) in [6, 6.07) is 12.0. The number of benzene rings is 2. The maximum atomic E-state index is 12.9. The largest absolute Gasteiger partial charge is 0.481 e. The molecule has 0 heterocycles. The van der Waals surface area contributed by atoms with E-state index in [9.17, 15) is 14.0 Å². The van der Waals surface area contributed by atoms with Crippen molar-refractivity contribution in [3.05, 3.63) is 71.0 Å². The van der Waals surface area contributed by atoms with Crippen molar-refractivity contribution in [1.82, 2.24) is 5.32 Å². The Bertz CT molecular complexity index is 680. The second kappa shape index (κ2) is 7.65. The number of aryl methyl sites for hydroxylation is 1. The van der Waals surface area contributed by atoms with Gasteiger partial charge in [0.2, 0.25) is 0 Å². The first-order valence-corrected chi connectivity index (χ1v) is 7.26. The van der Waals surface area contributed by atoms with E-state index in [-0.39, 0.29) is 24.6 Å². The van der Waals surface area contributed by atoms with E-state index >= 15 is 0 Å². The van der Waals surface area contributed by atoms with Crippen LogP contribution in [-0.4, -0.2) is 22.9 Å². The first kappa shape index (κ1) is 16.8. The summed E-state index contributed by atoms with van der Waals surface area (Å²) in [5, 5.41) is 12.0. The number of hydrogen-bond acceptors (Lipinski definition) is 3. The van der Waals surface area contributed by atoms with Crippen LogP contribution in [0.4, 0.5) is 4.39 Å². The zero-order valence-electron chi connectivity index (χ0n) is 12.8. The van der Waals surface area contributed by atoms with Crippen molar-refractivity contribution in [3.63, 3.8) is 0 Å². The number of halogens is 1. The molecular formula is C18H18FNO3. The Kier molecular flexibility index (Phi) is 5.60. The summed E-state index contributed by atoms with van der Waals surface area (Å²) in [4.78, 5) is 23.5. The molecule has 2 N–H and O–H groups in total. The van der Waals surface area contributed by atoms with Crippen LogP contribution in [0.15, 0.2) is 48.5 Å². The molecule has 0 amide bonds. The number of ketones is 1. The van der Waals surface area contributed by atoms with Gasteiger partial charge in [0.15, 0.2) is 5.78 Å². The van der Waals surface area contributed by atoms with Crippen molar-refractivity contribution >= 4 is 11.8 Å². The highest BCUT2D eigenvalue weighted by Gasteiger charge is 2.22. The third kappa shape index (κ3) is 5.00. The number of carboxylic acid groups (broad SMARTS) is 1. The normalized spacial score (nSPS) is 11.9. The lowest BCUT2D eigenvalue weighted by Crippen LogP contribution is -2.38. The Hall–Kier alpha value is -2.53. The van der Waals surface area contributed by atoms with E-state index in [1.54, 1.807) is 24.3 Å². The second-order valence-corrected chi connectivity index (χ2v) is 5.39. The lowest BCUT2D eigenvalue weighted by Gasteiger charge is -2.16. The van der Waals surface area contributed by atoms with E-state index in [1.807, 2.05) is 19.1 Å². The molecule has 0 radical (unpaired) electrons. The average Bonchev–Trinajstić information content (AvgIpc) is 2.52. The molecule has 0 aliphatic heterocycles. The third-order valence-electron chi connectivity index (χ3n) is 3.50. The van der Waals surface area contributed by atoms with Gasteiger partial charge in [0.25, 0.3) is 0 Å². The summed E-state index contributed by atoms with van der Waals surface area (Å²) in [6.07, 6.45) is -0.312. The highest BCUT2D eigenvalue weighted by molar-refractivity contribution is 6.01. The van der Waals surface area contributed by atoms with Crippen molar-refractivity contribution < 1.29 is 19.1 Å². The highest BCUT2D eigenvalue weighted by atomic mass is 19.1. The average molecular weight is 315 g/mol. The maximum Gasteiger partial charge on any atom is 0.305 e. The molecule has 2 aromatic rings. The van der Waals surface area contributed by atoms with Crippen LogP contribution in [0.1, 0.15) is 27.9 Å². The Morgan fingerprint density at radius 1 is 1.09 bits per heavy atom. The van der Waals surface area contributed by atoms with E-state index in [2.05, 4.69) is 5.32 Å². The molecule has 0 spiro atoms. The molecule has 0 aromatic heterocycles. The molecule has 0 saturated carbocycles. The van der Waals surface area contributed by atoms with E-state index in [0.29, 0.717) is 5.56 Å². The van der Waals surface area contributed by atoms with Gasteiger partial charge in [-0.05, 0) is 24.6 Å². The number of carbonyl (C=O) groups is 2. The monoisotopic (exact) mass is 315 g/mol. The molecule has 1 atom stereocenters. The van der Waals surface area contributed by atoms with E-state index in [1.165, 1.54) is 12.1 Å². The van der Waals surface area contributed by atoms with Gasteiger partial charge in [-0.1, -0.05) is 42.0 Å². The fraction of sp³-hybridized carbons (Fsp3) is 0.222. The molecule has 23 heavy (non-hydrogen) atoms. The van der Waals surface area contributed by atoms with Crippen molar-refractivity contribution in [3.8, 4) is 0 Å². The van der Waals surface area contributed by atoms with E-state index < -0.39 is 12.0 Å². The molecule has 4 nitrogen and oxygen atoms in total. The molecule has 0 aliphatic rings. The number of carbonyl (C=O) groups excluding carboxylic acids is 1. The predicted octanol–water partition coefficient (Wildman–Crippen LogP) is 2.95. The SMILES string of the molecule is Cc1ccc(C(=O)C(CC(=O)O)NCc2ccc(F)cc2)cc1. The minimum absolute atomic E-state index is 0.269. The lowest BCUT2D eigenvalue weighted by molar-refractivity contribution is -0.137. The number of carboxylic acids is 1. The predicted molar refractivity (Wildman–Crippen MR) is 84.8 cm³/mol. The smallest absolute Gasteiger partial charge is 0.305 e. The fourth-order valence-electron chi connectivity index (χ4n) is 2.19. The molecule has 5 heteroatoms. The number of rotatable bonds is 7. The standard InChI is InChI=1S/C18H18FNO3/c1-12-2-6-14(7-3-12)18(23)16(10-17(21)22)20-11-13-4-8-15(19)9-5-13/h2-9,16,20H,10-11H2,1H3,(H,21,22). The van der Waals surface area contributed by atoms with Gasteiger partial charge < -0.3 is 10.4 Å². The first-order chi connectivity index (χ1) is 11.0. The summed E-state index contributed by atoms with van der Waals surface area (Å²) in [5.74, 6) is -1.66. The zero-order chi connectivity index (χ0) is 16.8. The number of Topliss-reactive ketones (excluding diaryl/α,β-unsaturated/α-hetero) is 1. The van der Waals surface area contributed by atoms with Gasteiger partial charge in [-0.3, -0.25) is 9.59 Å². The van der Waals surface area contributed by atoms with Crippen LogP contribution < -0.4 is 5.32 Å². The summed E-state index contributed by atoms with van der Waals surface area (Å²) >= 11 is 0. The summed E-state index contributed by atoms with van der Waals surface area (Å²) < 4.78 is 12.9. The lowest BCUT2D eigenvalue weighted by atomic mass is 10.00. The molecular weight excluding hydrogens is 297 g/mol. The van der Waals surface area contributed by atoms with Crippen molar-refractivity contribution in [1.29, 1.82) is 0 Å². The molecule has 120 valence electrons. The number of hydrogen-bond donors (Lipinski definition) is 2. The molecule has 0 aliphatic carbocycles. The molecule has 0 saturated heterocycles. The second-order valence-electron chi connectivity index (χ2n) is 5.39. The topological polar surface area (TPSA) is 66.4 Å². The number of aliphatic carboxylic acids is 1. The fourth-order valence-corrected chi connectivity index (χ4v) is 2.19. The molecule has 1 unspecified atom stereocenters. The van der Waals surface area contributed by atoms with Crippen LogP contribution in [0.5, 0.6) is 0 Å². The van der Waals surface area contributed by atoms with Gasteiger partial charge in [0.05, 0.1) is 12.5 Å². The van der Waals surface area contributed by atoms with Crippen LogP contribution in [0.3, 0.4) is 0 Å². The Morgan fingerprint density at radius 2 is 1.70 bits per heavy atom. The van der Waals surface area contributed by atoms with Gasteiger partial charge >= 0.3 is 5.97 Å². The van der Waals surface area contributed by atoms with Crippen LogP contribution in [0.2, 0.25) is 0 Å². The quantitative estimate of drug-likeness (QED) is 0.771. The van der Waals surface area contributed by atoms with Gasteiger partial charge in [-0.25, -0.2) is 4.39 Å². The van der Waals surface area contributed by atoms with Crippen molar-refractivity contribution in [2.24, 2.45) is 0 Å². The number of nitrogens with one attached hydrogen (secondary N) is 1. The highest BCUT2D eigenvalue weighted by Crippen LogP contribution is 2.10. The maximum absolute atomic E-state index is 12.9. The Labute approximate surface area is 134 Å². The molecule has 0 fully saturated rings. The Morgan fingerprint density at radius 3 is 2.26 bits per heavy atom. The van der Waals surface area contributed by atoms with Crippen LogP contribution in [0, 0.1) is 12.7 Å². The van der Waals surface area contributed by atoms with Crippen molar-refractivity contribution in [2.45, 2.75) is 25.9 Å². The Balaban J connectivity index is 2.09.